The fourth-order valence-corrected chi connectivity index (χ4v) is 2.29. The van der Waals surface area contributed by atoms with Crippen LogP contribution < -0.4 is 10.1 Å². The Kier molecular flexibility index (Phi) is 3.97. The van der Waals surface area contributed by atoms with Gasteiger partial charge >= 0.3 is 0 Å². The molecule has 17 heavy (non-hydrogen) atoms. The predicted octanol–water partition coefficient (Wildman–Crippen LogP) is 1.87. The summed E-state index contributed by atoms with van der Waals surface area (Å²) in [6.07, 6.45) is 1.04. The number of hydrogen-bond acceptors (Lipinski definition) is 3. The number of rotatable bonds is 3. The van der Waals surface area contributed by atoms with E-state index in [4.69, 9.17) is 4.74 Å². The Morgan fingerprint density at radius 1 is 1.41 bits per heavy atom. The number of methoxy groups -OCH3 is 1. The molecule has 1 aromatic carbocycles. The van der Waals surface area contributed by atoms with Crippen molar-refractivity contribution in [3.63, 3.8) is 0 Å². The van der Waals surface area contributed by atoms with Crippen molar-refractivity contribution in [2.45, 2.75) is 18.9 Å². The van der Waals surface area contributed by atoms with E-state index in [2.05, 4.69) is 5.32 Å². The third-order valence-corrected chi connectivity index (χ3v) is 3.36. The molecule has 4 heteroatoms. The van der Waals surface area contributed by atoms with E-state index in [0.717, 1.165) is 25.9 Å². The summed E-state index contributed by atoms with van der Waals surface area (Å²) in [7, 11) is 1.50. The average molecular weight is 239 g/mol. The maximum atomic E-state index is 13.8. The average Bonchev–Trinajstić information content (AvgIpc) is 2.39. The van der Waals surface area contributed by atoms with Crippen molar-refractivity contribution in [3.8, 4) is 5.75 Å². The second-order valence-electron chi connectivity index (χ2n) is 4.42. The van der Waals surface area contributed by atoms with Gasteiger partial charge in [-0.15, -0.1) is 0 Å². The first kappa shape index (κ1) is 12.3. The number of benzene rings is 1. The number of ether oxygens (including phenoxy) is 1. The molecule has 94 valence electrons. The van der Waals surface area contributed by atoms with Crippen molar-refractivity contribution in [2.24, 2.45) is 5.92 Å². The Morgan fingerprint density at radius 2 is 2.12 bits per heavy atom. The minimum Gasteiger partial charge on any atom is -0.497 e. The lowest BCUT2D eigenvalue weighted by Crippen LogP contribution is -2.31. The molecule has 0 spiro atoms. The van der Waals surface area contributed by atoms with Gasteiger partial charge in [-0.25, -0.2) is 4.39 Å². The number of aliphatic hydroxyl groups is 1. The van der Waals surface area contributed by atoms with Gasteiger partial charge in [-0.05, 0) is 44.0 Å². The van der Waals surface area contributed by atoms with Crippen LogP contribution in [0.1, 0.15) is 24.5 Å². The number of hydrogen-bond donors (Lipinski definition) is 2. The first-order valence-corrected chi connectivity index (χ1v) is 5.94. The highest BCUT2D eigenvalue weighted by molar-refractivity contribution is 5.30. The lowest BCUT2D eigenvalue weighted by molar-refractivity contribution is 0.0855. The summed E-state index contributed by atoms with van der Waals surface area (Å²) in [4.78, 5) is 0. The minimum atomic E-state index is -0.719. The third kappa shape index (κ3) is 2.76. The van der Waals surface area contributed by atoms with Gasteiger partial charge in [0.1, 0.15) is 11.6 Å². The second kappa shape index (κ2) is 5.47. The zero-order valence-electron chi connectivity index (χ0n) is 9.95. The molecule has 1 aliphatic heterocycles. The number of piperidine rings is 1. The van der Waals surface area contributed by atoms with Crippen molar-refractivity contribution in [1.82, 2.24) is 5.32 Å². The summed E-state index contributed by atoms with van der Waals surface area (Å²) in [5.41, 5.74) is 0.373. The molecule has 1 aromatic rings. The van der Waals surface area contributed by atoms with Crippen LogP contribution in [0.3, 0.4) is 0 Å². The number of halogens is 1. The van der Waals surface area contributed by atoms with E-state index < -0.39 is 11.9 Å². The van der Waals surface area contributed by atoms with Crippen LogP contribution in [-0.2, 0) is 0 Å². The smallest absolute Gasteiger partial charge is 0.132 e. The molecule has 1 fully saturated rings. The topological polar surface area (TPSA) is 41.5 Å². The van der Waals surface area contributed by atoms with Gasteiger partial charge in [-0.1, -0.05) is 0 Å². The zero-order valence-corrected chi connectivity index (χ0v) is 9.95. The van der Waals surface area contributed by atoms with E-state index >= 15 is 0 Å². The Labute approximate surface area is 101 Å². The van der Waals surface area contributed by atoms with Gasteiger partial charge < -0.3 is 15.2 Å². The van der Waals surface area contributed by atoms with Crippen molar-refractivity contribution in [1.29, 1.82) is 0 Å². The fourth-order valence-electron chi connectivity index (χ4n) is 2.29. The van der Waals surface area contributed by atoms with Gasteiger partial charge in [0.25, 0.3) is 0 Å². The molecule has 1 saturated heterocycles. The normalized spacial score (nSPS) is 19.0. The standard InChI is InChI=1S/C13H18FNO2/c1-17-10-2-3-11(12(14)8-10)13(16)9-4-6-15-7-5-9/h2-3,8-9,13,15-16H,4-7H2,1H3. The summed E-state index contributed by atoms with van der Waals surface area (Å²) < 4.78 is 18.7. The lowest BCUT2D eigenvalue weighted by Gasteiger charge is -2.27. The van der Waals surface area contributed by atoms with E-state index in [1.165, 1.54) is 13.2 Å². The molecule has 2 N–H and O–H groups in total. The van der Waals surface area contributed by atoms with Crippen LogP contribution in [0.2, 0.25) is 0 Å². The molecule has 0 radical (unpaired) electrons. The van der Waals surface area contributed by atoms with Crippen LogP contribution in [0.4, 0.5) is 4.39 Å². The Balaban J connectivity index is 2.15. The largest absolute Gasteiger partial charge is 0.497 e. The van der Waals surface area contributed by atoms with Gasteiger partial charge in [0, 0.05) is 11.6 Å². The van der Waals surface area contributed by atoms with E-state index in [9.17, 15) is 9.50 Å². The predicted molar refractivity (Wildman–Crippen MR) is 63.5 cm³/mol. The van der Waals surface area contributed by atoms with Crippen LogP contribution in [0, 0.1) is 11.7 Å². The maximum absolute atomic E-state index is 13.8. The molecule has 0 aliphatic carbocycles. The fraction of sp³-hybridized carbons (Fsp3) is 0.538. The molecule has 1 atom stereocenters. The molecule has 0 amide bonds. The molecule has 1 aliphatic rings. The number of aliphatic hydroxyl groups excluding tert-OH is 1. The van der Waals surface area contributed by atoms with Crippen molar-refractivity contribution >= 4 is 0 Å². The van der Waals surface area contributed by atoms with E-state index in [-0.39, 0.29) is 5.92 Å². The molecule has 3 nitrogen and oxygen atoms in total. The first-order chi connectivity index (χ1) is 8.22. The lowest BCUT2D eigenvalue weighted by atomic mass is 9.88. The Hall–Kier alpha value is -1.13. The molecular weight excluding hydrogens is 221 g/mol. The molecule has 0 saturated carbocycles. The summed E-state index contributed by atoms with van der Waals surface area (Å²) in [6.45, 7) is 1.78. The highest BCUT2D eigenvalue weighted by Gasteiger charge is 2.25. The van der Waals surface area contributed by atoms with Crippen LogP contribution in [0.15, 0.2) is 18.2 Å². The van der Waals surface area contributed by atoms with Crippen LogP contribution in [0.25, 0.3) is 0 Å². The van der Waals surface area contributed by atoms with Gasteiger partial charge in [-0.2, -0.15) is 0 Å². The second-order valence-corrected chi connectivity index (χ2v) is 4.42. The quantitative estimate of drug-likeness (QED) is 0.846. The zero-order chi connectivity index (χ0) is 12.3. The molecule has 0 bridgehead atoms. The maximum Gasteiger partial charge on any atom is 0.132 e. The van der Waals surface area contributed by atoms with Gasteiger partial charge in [0.05, 0.1) is 13.2 Å². The van der Waals surface area contributed by atoms with Crippen LogP contribution in [-0.4, -0.2) is 25.3 Å². The summed E-state index contributed by atoms with van der Waals surface area (Å²) in [6, 6.07) is 4.61. The minimum absolute atomic E-state index is 0.138. The monoisotopic (exact) mass is 239 g/mol. The van der Waals surface area contributed by atoms with Crippen LogP contribution in [0.5, 0.6) is 5.75 Å². The SMILES string of the molecule is COc1ccc(C(O)C2CCNCC2)c(F)c1. The van der Waals surface area contributed by atoms with Gasteiger partial charge in [0.2, 0.25) is 0 Å². The highest BCUT2D eigenvalue weighted by Crippen LogP contribution is 2.31. The van der Waals surface area contributed by atoms with Gasteiger partial charge in [0.15, 0.2) is 0 Å². The molecule has 1 heterocycles. The van der Waals surface area contributed by atoms with E-state index in [1.807, 2.05) is 0 Å². The van der Waals surface area contributed by atoms with Crippen molar-refractivity contribution in [2.75, 3.05) is 20.2 Å². The number of nitrogens with one attached hydrogen (secondary N) is 1. The van der Waals surface area contributed by atoms with Gasteiger partial charge in [-0.3, -0.25) is 0 Å². The first-order valence-electron chi connectivity index (χ1n) is 5.94. The molecule has 2 rings (SSSR count). The third-order valence-electron chi connectivity index (χ3n) is 3.36. The van der Waals surface area contributed by atoms with Crippen LogP contribution >= 0.6 is 0 Å². The van der Waals surface area contributed by atoms with E-state index in [1.54, 1.807) is 12.1 Å². The summed E-state index contributed by atoms with van der Waals surface area (Å²) >= 11 is 0. The summed E-state index contributed by atoms with van der Waals surface area (Å²) in [5, 5.41) is 13.4. The highest BCUT2D eigenvalue weighted by atomic mass is 19.1. The Bertz CT molecular complexity index is 378. The molecule has 0 aromatic heterocycles. The molecule has 1 unspecified atom stereocenters. The molecular formula is C13H18FNO2. The summed E-state index contributed by atoms with van der Waals surface area (Å²) in [5.74, 6) is 0.221. The van der Waals surface area contributed by atoms with Crippen molar-refractivity contribution < 1.29 is 14.2 Å². The van der Waals surface area contributed by atoms with E-state index in [0.29, 0.717) is 11.3 Å². The Morgan fingerprint density at radius 3 is 2.71 bits per heavy atom. The van der Waals surface area contributed by atoms with Crippen molar-refractivity contribution in [3.05, 3.63) is 29.6 Å².